The average molecular weight is 560 g/mol. The van der Waals surface area contributed by atoms with Crippen LogP contribution in [0.2, 0.25) is 0 Å². The molecule has 0 radical (unpaired) electrons. The maximum absolute atomic E-state index is 13.1. The van der Waals surface area contributed by atoms with Gasteiger partial charge in [-0.1, -0.05) is 18.2 Å². The highest BCUT2D eigenvalue weighted by Gasteiger charge is 2.26. The van der Waals surface area contributed by atoms with Gasteiger partial charge in [0.05, 0.1) is 26.4 Å². The molecule has 220 valence electrons. The van der Waals surface area contributed by atoms with E-state index in [0.29, 0.717) is 39.5 Å². The minimum atomic E-state index is -0.928. The van der Waals surface area contributed by atoms with E-state index in [1.165, 1.54) is 0 Å². The number of morpholine rings is 2. The molecular formula is C28H41N5O7. The molecule has 1 aromatic carbocycles. The molecule has 0 aliphatic carbocycles. The topological polar surface area (TPSA) is 148 Å². The van der Waals surface area contributed by atoms with E-state index in [1.807, 2.05) is 30.5 Å². The fourth-order valence-electron chi connectivity index (χ4n) is 4.79. The van der Waals surface area contributed by atoms with Gasteiger partial charge in [0.2, 0.25) is 5.91 Å². The number of hydrogen-bond acceptors (Lipinski definition) is 10. The van der Waals surface area contributed by atoms with E-state index in [0.717, 1.165) is 42.6 Å². The zero-order chi connectivity index (χ0) is 28.2. The van der Waals surface area contributed by atoms with Gasteiger partial charge in [-0.05, 0) is 18.1 Å². The molecule has 0 bridgehead atoms. The summed E-state index contributed by atoms with van der Waals surface area (Å²) in [5.41, 5.74) is 7.83. The number of carbonyl (C=O) groups excluding carboxylic acids is 3. The summed E-state index contributed by atoms with van der Waals surface area (Å²) in [6.07, 6.45) is 2.19. The molecule has 3 heterocycles. The van der Waals surface area contributed by atoms with Gasteiger partial charge >= 0.3 is 11.9 Å². The minimum Gasteiger partial charge on any atom is -0.463 e. The van der Waals surface area contributed by atoms with Crippen molar-refractivity contribution in [2.24, 2.45) is 5.73 Å². The number of hydrogen-bond donors (Lipinski definition) is 3. The Bertz CT molecular complexity index is 1100. The van der Waals surface area contributed by atoms with E-state index in [-0.39, 0.29) is 38.4 Å². The Balaban J connectivity index is 1.26. The molecule has 1 amide bonds. The number of amides is 1. The van der Waals surface area contributed by atoms with Gasteiger partial charge in [-0.3, -0.25) is 19.4 Å². The molecule has 2 atom stereocenters. The predicted molar refractivity (Wildman–Crippen MR) is 148 cm³/mol. The summed E-state index contributed by atoms with van der Waals surface area (Å²) in [5.74, 6) is -1.43. The van der Waals surface area contributed by atoms with Gasteiger partial charge in [0.25, 0.3) is 0 Å². The van der Waals surface area contributed by atoms with Crippen molar-refractivity contribution >= 4 is 28.7 Å². The van der Waals surface area contributed by atoms with Crippen LogP contribution in [0.25, 0.3) is 10.9 Å². The molecule has 12 nitrogen and oxygen atoms in total. The summed E-state index contributed by atoms with van der Waals surface area (Å²) in [7, 11) is 0. The van der Waals surface area contributed by atoms with Gasteiger partial charge in [-0.2, -0.15) is 0 Å². The molecule has 4 N–H and O–H groups in total. The number of H-pyrrole nitrogens is 1. The van der Waals surface area contributed by atoms with Crippen molar-refractivity contribution in [1.82, 2.24) is 20.1 Å². The van der Waals surface area contributed by atoms with Crippen molar-refractivity contribution in [1.29, 1.82) is 0 Å². The van der Waals surface area contributed by atoms with E-state index in [9.17, 15) is 14.4 Å². The number of para-hydroxylation sites is 1. The lowest BCUT2D eigenvalue weighted by molar-refractivity contribution is -0.149. The molecule has 40 heavy (non-hydrogen) atoms. The van der Waals surface area contributed by atoms with Crippen LogP contribution in [-0.2, 0) is 39.8 Å². The third kappa shape index (κ3) is 9.27. The maximum Gasteiger partial charge on any atom is 0.329 e. The summed E-state index contributed by atoms with van der Waals surface area (Å²) >= 11 is 0. The second-order valence-electron chi connectivity index (χ2n) is 10.1. The highest BCUT2D eigenvalue weighted by molar-refractivity contribution is 5.87. The predicted octanol–water partition coefficient (Wildman–Crippen LogP) is 0.0535. The largest absolute Gasteiger partial charge is 0.463 e. The number of nitrogens with zero attached hydrogens (tertiary/aromatic N) is 2. The standard InChI is InChI=1S/C28H41N5O7/c29-23(27(35)39-17-11-32-7-13-37-14-8-32)5-6-26(34)31-25(19-21-20-30-24-4-2-1-3-22(21)24)28(36)40-18-12-33-9-15-38-16-10-33/h1-4,20,23,25,30H,5-19,29H2,(H,31,34)/t23-,25-/m1/s1. The normalized spacial score (nSPS) is 18.2. The van der Waals surface area contributed by atoms with Crippen molar-refractivity contribution < 1.29 is 33.3 Å². The minimum absolute atomic E-state index is 0.0226. The zero-order valence-corrected chi connectivity index (χ0v) is 23.0. The molecular weight excluding hydrogens is 518 g/mol. The van der Waals surface area contributed by atoms with Gasteiger partial charge in [-0.15, -0.1) is 0 Å². The highest BCUT2D eigenvalue weighted by Crippen LogP contribution is 2.19. The first kappa shape index (κ1) is 29.9. The van der Waals surface area contributed by atoms with E-state index in [2.05, 4.69) is 20.1 Å². The number of carbonyl (C=O) groups is 3. The van der Waals surface area contributed by atoms with Gasteiger partial charge < -0.3 is 35.0 Å². The Kier molecular flexibility index (Phi) is 11.7. The smallest absolute Gasteiger partial charge is 0.329 e. The van der Waals surface area contributed by atoms with Crippen LogP contribution in [0, 0.1) is 0 Å². The molecule has 2 aliphatic heterocycles. The highest BCUT2D eigenvalue weighted by atomic mass is 16.5. The summed E-state index contributed by atoms with van der Waals surface area (Å²) in [6, 6.07) is 5.96. The fourth-order valence-corrected chi connectivity index (χ4v) is 4.79. The number of benzene rings is 1. The molecule has 1 aromatic heterocycles. The summed E-state index contributed by atoms with van der Waals surface area (Å²) < 4.78 is 21.5. The quantitative estimate of drug-likeness (QED) is 0.271. The van der Waals surface area contributed by atoms with Crippen LogP contribution in [0.15, 0.2) is 30.5 Å². The van der Waals surface area contributed by atoms with Crippen LogP contribution in [0.3, 0.4) is 0 Å². The van der Waals surface area contributed by atoms with Crippen LogP contribution in [0.5, 0.6) is 0 Å². The maximum atomic E-state index is 13.1. The van der Waals surface area contributed by atoms with Crippen molar-refractivity contribution in [2.75, 3.05) is 78.9 Å². The molecule has 12 heteroatoms. The molecule has 2 fully saturated rings. The van der Waals surface area contributed by atoms with Crippen LogP contribution in [0.4, 0.5) is 0 Å². The summed E-state index contributed by atoms with van der Waals surface area (Å²) in [6.45, 7) is 7.55. The first-order valence-corrected chi connectivity index (χ1v) is 14.0. The Labute approximate surface area is 234 Å². The molecule has 2 aromatic rings. The Morgan fingerprint density at radius 1 is 0.925 bits per heavy atom. The molecule has 2 aliphatic rings. The Hall–Kier alpha value is -3.03. The molecule has 0 spiro atoms. The van der Waals surface area contributed by atoms with Gasteiger partial charge in [0, 0.05) is 69.2 Å². The number of nitrogens with one attached hydrogen (secondary N) is 2. The molecule has 2 saturated heterocycles. The Morgan fingerprint density at radius 2 is 1.52 bits per heavy atom. The van der Waals surface area contributed by atoms with Crippen molar-refractivity contribution in [3.05, 3.63) is 36.0 Å². The molecule has 0 saturated carbocycles. The second-order valence-corrected chi connectivity index (χ2v) is 10.1. The monoisotopic (exact) mass is 559 g/mol. The van der Waals surface area contributed by atoms with E-state index >= 15 is 0 Å². The van der Waals surface area contributed by atoms with Gasteiger partial charge in [0.15, 0.2) is 0 Å². The van der Waals surface area contributed by atoms with Crippen molar-refractivity contribution in [2.45, 2.75) is 31.3 Å². The number of rotatable bonds is 14. The van der Waals surface area contributed by atoms with Crippen LogP contribution in [0.1, 0.15) is 18.4 Å². The van der Waals surface area contributed by atoms with Crippen LogP contribution in [-0.4, -0.2) is 124 Å². The van der Waals surface area contributed by atoms with Crippen LogP contribution < -0.4 is 11.1 Å². The Morgan fingerprint density at radius 3 is 2.17 bits per heavy atom. The van der Waals surface area contributed by atoms with Gasteiger partial charge in [-0.25, -0.2) is 4.79 Å². The van der Waals surface area contributed by atoms with Crippen molar-refractivity contribution in [3.8, 4) is 0 Å². The fraction of sp³-hybridized carbons (Fsp3) is 0.607. The SMILES string of the molecule is N[C@H](CCC(=O)N[C@H](Cc1c[nH]c2ccccc12)C(=O)OCCN1CCOCC1)C(=O)OCCN1CCOCC1. The van der Waals surface area contributed by atoms with E-state index in [1.54, 1.807) is 0 Å². The first-order chi connectivity index (χ1) is 19.5. The number of ether oxygens (including phenoxy) is 4. The number of nitrogens with two attached hydrogens (primary N) is 1. The van der Waals surface area contributed by atoms with Gasteiger partial charge in [0.1, 0.15) is 25.3 Å². The lowest BCUT2D eigenvalue weighted by Crippen LogP contribution is -2.45. The molecule has 4 rings (SSSR count). The van der Waals surface area contributed by atoms with E-state index < -0.39 is 24.0 Å². The number of fused-ring (bicyclic) bond motifs is 1. The third-order valence-corrected chi connectivity index (χ3v) is 7.21. The summed E-state index contributed by atoms with van der Waals surface area (Å²) in [4.78, 5) is 45.8. The summed E-state index contributed by atoms with van der Waals surface area (Å²) in [5, 5.41) is 3.78. The second kappa shape index (κ2) is 15.7. The zero-order valence-electron chi connectivity index (χ0n) is 23.0. The average Bonchev–Trinajstić information content (AvgIpc) is 3.39. The number of esters is 2. The number of aromatic amines is 1. The van der Waals surface area contributed by atoms with Crippen molar-refractivity contribution in [3.63, 3.8) is 0 Å². The van der Waals surface area contributed by atoms with Crippen LogP contribution >= 0.6 is 0 Å². The third-order valence-electron chi connectivity index (χ3n) is 7.21. The van der Waals surface area contributed by atoms with E-state index in [4.69, 9.17) is 24.7 Å². The lowest BCUT2D eigenvalue weighted by atomic mass is 10.0. The first-order valence-electron chi connectivity index (χ1n) is 14.0. The lowest BCUT2D eigenvalue weighted by Gasteiger charge is -2.26. The molecule has 0 unspecified atom stereocenters. The number of aromatic nitrogens is 1.